The number of hydrogen-bond donors (Lipinski definition) is 2. The number of thiazole rings is 1. The minimum atomic E-state index is -1.00. The van der Waals surface area contributed by atoms with E-state index in [1.165, 1.54) is 17.6 Å². The van der Waals surface area contributed by atoms with Gasteiger partial charge in [0.05, 0.1) is 12.1 Å². The van der Waals surface area contributed by atoms with Gasteiger partial charge in [-0.05, 0) is 6.07 Å². The van der Waals surface area contributed by atoms with E-state index in [4.69, 9.17) is 5.11 Å². The van der Waals surface area contributed by atoms with Gasteiger partial charge in [0.25, 0.3) is 5.91 Å². The lowest BCUT2D eigenvalue weighted by Gasteiger charge is -2.00. The molecule has 0 aliphatic carbocycles. The molecule has 0 radical (unpaired) electrons. The molecule has 2 aromatic rings. The molecule has 6 nitrogen and oxygen atoms in total. The van der Waals surface area contributed by atoms with Gasteiger partial charge in [-0.3, -0.25) is 14.9 Å². The topological polar surface area (TPSA) is 92.2 Å². The quantitative estimate of drug-likeness (QED) is 0.830. The maximum atomic E-state index is 12.8. The van der Waals surface area contributed by atoms with Gasteiger partial charge < -0.3 is 5.11 Å². The predicted molar refractivity (Wildman–Crippen MR) is 65.6 cm³/mol. The zero-order valence-electron chi connectivity index (χ0n) is 9.46. The summed E-state index contributed by atoms with van der Waals surface area (Å²) >= 11 is 1.10. The number of nitrogens with zero attached hydrogens (tertiary/aromatic N) is 2. The maximum Gasteiger partial charge on any atom is 0.309 e. The van der Waals surface area contributed by atoms with Crippen LogP contribution in [0.15, 0.2) is 23.7 Å². The first-order valence-electron chi connectivity index (χ1n) is 5.13. The molecule has 0 aliphatic rings. The van der Waals surface area contributed by atoms with E-state index in [1.54, 1.807) is 0 Å². The number of aromatic nitrogens is 2. The van der Waals surface area contributed by atoms with Crippen molar-refractivity contribution < 1.29 is 19.1 Å². The van der Waals surface area contributed by atoms with Crippen molar-refractivity contribution in [1.82, 2.24) is 9.97 Å². The number of hydrogen-bond acceptors (Lipinski definition) is 5. The van der Waals surface area contributed by atoms with Crippen LogP contribution in [0.2, 0.25) is 0 Å². The lowest BCUT2D eigenvalue weighted by Crippen LogP contribution is -2.12. The smallest absolute Gasteiger partial charge is 0.309 e. The molecular formula is C11H8FN3O3S. The number of anilines is 1. The van der Waals surface area contributed by atoms with Crippen LogP contribution in [0.25, 0.3) is 0 Å². The van der Waals surface area contributed by atoms with E-state index in [0.717, 1.165) is 17.4 Å². The average Bonchev–Trinajstić information content (AvgIpc) is 2.75. The molecule has 1 amide bonds. The second kappa shape index (κ2) is 5.53. The summed E-state index contributed by atoms with van der Waals surface area (Å²) in [4.78, 5) is 29.5. The molecule has 0 fully saturated rings. The molecule has 2 rings (SSSR count). The monoisotopic (exact) mass is 281 g/mol. The highest BCUT2D eigenvalue weighted by Gasteiger charge is 2.11. The van der Waals surface area contributed by atoms with Crippen LogP contribution < -0.4 is 5.32 Å². The number of carbonyl (C=O) groups excluding carboxylic acids is 1. The summed E-state index contributed by atoms with van der Waals surface area (Å²) in [6, 6.07) is 2.37. The van der Waals surface area contributed by atoms with Crippen molar-refractivity contribution in [3.63, 3.8) is 0 Å². The molecule has 0 unspecified atom stereocenters. The van der Waals surface area contributed by atoms with E-state index < -0.39 is 17.8 Å². The van der Waals surface area contributed by atoms with Crippen molar-refractivity contribution in [3.05, 3.63) is 40.9 Å². The van der Waals surface area contributed by atoms with Crippen LogP contribution >= 0.6 is 11.3 Å². The standard InChI is InChI=1S/C11H8FN3O3S/c12-8-3-6(1-2-13-8)10(18)15-11-14-7(5-19-11)4-9(16)17/h1-3,5H,4H2,(H,16,17)(H,14,15,18). The Morgan fingerprint density at radius 2 is 2.26 bits per heavy atom. The van der Waals surface area contributed by atoms with Crippen molar-refractivity contribution >= 4 is 28.3 Å². The number of amides is 1. The highest BCUT2D eigenvalue weighted by molar-refractivity contribution is 7.14. The van der Waals surface area contributed by atoms with Crippen molar-refractivity contribution in [2.45, 2.75) is 6.42 Å². The van der Waals surface area contributed by atoms with Gasteiger partial charge in [-0.25, -0.2) is 9.97 Å². The molecule has 8 heteroatoms. The number of carboxylic acids is 1. The Bertz CT molecular complexity index is 629. The highest BCUT2D eigenvalue weighted by Crippen LogP contribution is 2.17. The fraction of sp³-hybridized carbons (Fsp3) is 0.0909. The van der Waals surface area contributed by atoms with E-state index in [1.807, 2.05) is 0 Å². The fourth-order valence-electron chi connectivity index (χ4n) is 1.31. The molecule has 0 atom stereocenters. The van der Waals surface area contributed by atoms with Crippen molar-refractivity contribution in [1.29, 1.82) is 0 Å². The SMILES string of the molecule is O=C(O)Cc1csc(NC(=O)c2ccnc(F)c2)n1. The van der Waals surface area contributed by atoms with Gasteiger partial charge in [0.2, 0.25) is 5.95 Å². The molecule has 0 aliphatic heterocycles. The molecule has 0 bridgehead atoms. The Labute approximate surface area is 110 Å². The van der Waals surface area contributed by atoms with Crippen molar-refractivity contribution in [2.24, 2.45) is 0 Å². The Morgan fingerprint density at radius 1 is 1.47 bits per heavy atom. The summed E-state index contributed by atoms with van der Waals surface area (Å²) in [5.74, 6) is -2.28. The maximum absolute atomic E-state index is 12.8. The summed E-state index contributed by atoms with van der Waals surface area (Å²) < 4.78 is 12.8. The van der Waals surface area contributed by atoms with Gasteiger partial charge in [0.1, 0.15) is 0 Å². The lowest BCUT2D eigenvalue weighted by atomic mass is 10.2. The van der Waals surface area contributed by atoms with Crippen LogP contribution in [-0.4, -0.2) is 27.0 Å². The average molecular weight is 281 g/mol. The molecular weight excluding hydrogens is 273 g/mol. The molecule has 0 aromatic carbocycles. The zero-order chi connectivity index (χ0) is 13.8. The first-order valence-corrected chi connectivity index (χ1v) is 6.01. The van der Waals surface area contributed by atoms with Gasteiger partial charge >= 0.3 is 5.97 Å². The predicted octanol–water partition coefficient (Wildman–Crippen LogP) is 1.56. The van der Waals surface area contributed by atoms with E-state index in [0.29, 0.717) is 5.69 Å². The number of aliphatic carboxylic acids is 1. The number of nitrogens with one attached hydrogen (secondary N) is 1. The van der Waals surface area contributed by atoms with E-state index >= 15 is 0 Å². The van der Waals surface area contributed by atoms with Crippen LogP contribution in [0.1, 0.15) is 16.1 Å². The minimum absolute atomic E-state index is 0.113. The molecule has 19 heavy (non-hydrogen) atoms. The summed E-state index contributed by atoms with van der Waals surface area (Å²) in [7, 11) is 0. The van der Waals surface area contributed by atoms with Crippen molar-refractivity contribution in [2.75, 3.05) is 5.32 Å². The molecule has 2 heterocycles. The Balaban J connectivity index is 2.06. The molecule has 0 saturated carbocycles. The lowest BCUT2D eigenvalue weighted by molar-refractivity contribution is -0.136. The third-order valence-corrected chi connectivity index (χ3v) is 2.90. The number of carbonyl (C=O) groups is 2. The van der Waals surface area contributed by atoms with Gasteiger partial charge in [0, 0.05) is 23.2 Å². The molecule has 0 saturated heterocycles. The second-order valence-electron chi connectivity index (χ2n) is 3.54. The Kier molecular flexibility index (Phi) is 3.81. The first kappa shape index (κ1) is 13.1. The normalized spacial score (nSPS) is 10.2. The van der Waals surface area contributed by atoms with Crippen LogP contribution in [0, 0.1) is 5.95 Å². The number of pyridine rings is 1. The van der Waals surface area contributed by atoms with Gasteiger partial charge in [-0.1, -0.05) is 0 Å². The third-order valence-electron chi connectivity index (χ3n) is 2.09. The van der Waals surface area contributed by atoms with E-state index in [9.17, 15) is 14.0 Å². The fourth-order valence-corrected chi connectivity index (χ4v) is 2.02. The molecule has 98 valence electrons. The van der Waals surface area contributed by atoms with E-state index in [2.05, 4.69) is 15.3 Å². The second-order valence-corrected chi connectivity index (χ2v) is 4.39. The highest BCUT2D eigenvalue weighted by atomic mass is 32.1. The van der Waals surface area contributed by atoms with Crippen LogP contribution in [0.3, 0.4) is 0 Å². The van der Waals surface area contributed by atoms with E-state index in [-0.39, 0.29) is 17.1 Å². The molecule has 0 spiro atoms. The largest absolute Gasteiger partial charge is 0.481 e. The van der Waals surface area contributed by atoms with Gasteiger partial charge in [-0.15, -0.1) is 11.3 Å². The summed E-state index contributed by atoms with van der Waals surface area (Å²) in [5, 5.41) is 12.9. The summed E-state index contributed by atoms with van der Waals surface area (Å²) in [6.45, 7) is 0. The first-order chi connectivity index (χ1) is 9.04. The van der Waals surface area contributed by atoms with Gasteiger partial charge in [0.15, 0.2) is 5.13 Å². The minimum Gasteiger partial charge on any atom is -0.481 e. The molecule has 2 N–H and O–H groups in total. The number of carboxylic acid groups (broad SMARTS) is 1. The number of halogens is 1. The third kappa shape index (κ3) is 3.55. The summed E-state index contributed by atoms with van der Waals surface area (Å²) in [6.07, 6.45) is 0.970. The summed E-state index contributed by atoms with van der Waals surface area (Å²) in [5.41, 5.74) is 0.469. The van der Waals surface area contributed by atoms with Crippen molar-refractivity contribution in [3.8, 4) is 0 Å². The zero-order valence-corrected chi connectivity index (χ0v) is 10.3. The van der Waals surface area contributed by atoms with Crippen LogP contribution in [-0.2, 0) is 11.2 Å². The van der Waals surface area contributed by atoms with Crippen LogP contribution in [0.4, 0.5) is 9.52 Å². The number of rotatable bonds is 4. The Morgan fingerprint density at radius 3 is 2.95 bits per heavy atom. The Hall–Kier alpha value is -2.35. The van der Waals surface area contributed by atoms with Crippen LogP contribution in [0.5, 0.6) is 0 Å². The molecule has 2 aromatic heterocycles. The van der Waals surface area contributed by atoms with Gasteiger partial charge in [-0.2, -0.15) is 4.39 Å².